The van der Waals surface area contributed by atoms with E-state index in [9.17, 15) is 120 Å². The van der Waals surface area contributed by atoms with E-state index in [1.54, 1.807) is 60.7 Å². The lowest BCUT2D eigenvalue weighted by Gasteiger charge is -2.26. The Labute approximate surface area is 743 Å². The van der Waals surface area contributed by atoms with E-state index in [-0.39, 0.29) is 115 Å². The summed E-state index contributed by atoms with van der Waals surface area (Å²) < 4.78 is 0. The maximum Gasteiger partial charge on any atom is 0.305 e. The van der Waals surface area contributed by atoms with Crippen LogP contribution in [0.3, 0.4) is 0 Å². The molecule has 0 radical (unpaired) electrons. The number of hydrogen-bond acceptors (Lipinski definition) is 26. The molecular weight excluding hydrogens is 1720 g/mol. The number of benzene rings is 2. The fraction of sp³-hybridized carbons (Fsp3) is 0.519. The molecule has 21 amide bonds. The molecule has 0 spiro atoms. The second-order valence-electron chi connectivity index (χ2n) is 29.3. The number of hydrogen-bond donors (Lipinski definition) is 30. The third kappa shape index (κ3) is 45.6. The molecule has 1 unspecified atom stereocenters. The average Bonchev–Trinajstić information content (AvgIpc) is 1.45. The number of carboxylic acid groups (broad SMARTS) is 2. The van der Waals surface area contributed by atoms with E-state index < -0.39 is 288 Å². The third-order valence-corrected chi connectivity index (χ3v) is 18.8. The van der Waals surface area contributed by atoms with Crippen molar-refractivity contribution in [2.45, 2.75) is 157 Å². The molecule has 53 nitrogen and oxygen atoms in total. The van der Waals surface area contributed by atoms with Gasteiger partial charge in [-0.2, -0.15) is 0 Å². The van der Waals surface area contributed by atoms with Crippen LogP contribution in [-0.4, -0.2) is 311 Å². The minimum absolute atomic E-state index is 0.0559. The van der Waals surface area contributed by atoms with Crippen molar-refractivity contribution in [3.63, 3.8) is 0 Å². The predicted molar refractivity (Wildman–Crippen MR) is 453 cm³/mol. The molecule has 2 aliphatic rings. The van der Waals surface area contributed by atoms with Crippen molar-refractivity contribution < 1.29 is 120 Å². The second kappa shape index (κ2) is 58.9. The highest BCUT2D eigenvalue weighted by molar-refractivity contribution is 6.01. The van der Waals surface area contributed by atoms with Gasteiger partial charge >= 0.3 is 11.9 Å². The van der Waals surface area contributed by atoms with Gasteiger partial charge in [0, 0.05) is 45.4 Å². The lowest BCUT2D eigenvalue weighted by Crippen LogP contribution is -2.58. The van der Waals surface area contributed by atoms with Gasteiger partial charge in [-0.1, -0.05) is 60.7 Å². The zero-order valence-electron chi connectivity index (χ0n) is 70.9. The van der Waals surface area contributed by atoms with Gasteiger partial charge in [-0.3, -0.25) is 121 Å². The lowest BCUT2D eigenvalue weighted by atomic mass is 10.0. The van der Waals surface area contributed by atoms with Crippen LogP contribution >= 0.6 is 0 Å². The first kappa shape index (κ1) is 107. The fourth-order valence-electron chi connectivity index (χ4n) is 12.1. The lowest BCUT2D eigenvalue weighted by molar-refractivity contribution is -0.141. The van der Waals surface area contributed by atoms with E-state index in [1.165, 1.54) is 0 Å². The fourth-order valence-corrected chi connectivity index (χ4v) is 12.1. The van der Waals surface area contributed by atoms with Crippen LogP contribution in [0.25, 0.3) is 0 Å². The van der Waals surface area contributed by atoms with Crippen molar-refractivity contribution in [1.29, 1.82) is 10.8 Å². The molecule has 2 aromatic rings. The number of aliphatic carboxylic acids is 2. The van der Waals surface area contributed by atoms with Crippen molar-refractivity contribution in [1.82, 2.24) is 122 Å². The Bertz CT molecular complexity index is 4360. The number of guanidine groups is 2. The Morgan fingerprint density at radius 3 is 0.985 bits per heavy atom. The van der Waals surface area contributed by atoms with E-state index in [0.29, 0.717) is 11.1 Å². The van der Waals surface area contributed by atoms with Gasteiger partial charge in [0.2, 0.25) is 124 Å². The molecule has 2 aliphatic heterocycles. The van der Waals surface area contributed by atoms with Gasteiger partial charge in [-0.15, -0.1) is 0 Å². The van der Waals surface area contributed by atoms with Crippen molar-refractivity contribution in [2.75, 3.05) is 98.2 Å². The molecule has 712 valence electrons. The van der Waals surface area contributed by atoms with Crippen LogP contribution in [0, 0.1) is 10.8 Å². The summed E-state index contributed by atoms with van der Waals surface area (Å²) >= 11 is 0. The molecule has 2 aromatic carbocycles. The highest BCUT2D eigenvalue weighted by Crippen LogP contribution is 2.13. The van der Waals surface area contributed by atoms with E-state index in [2.05, 4.69) is 122 Å². The van der Waals surface area contributed by atoms with Crippen LogP contribution in [0.1, 0.15) is 101 Å². The number of carbonyl (C=O) groups excluding carboxylic acids is 21. The van der Waals surface area contributed by atoms with E-state index in [0.717, 1.165) is 0 Å². The summed E-state index contributed by atoms with van der Waals surface area (Å²) in [5.74, 6) is -22.8. The number of carboxylic acids is 2. The molecule has 2 heterocycles. The zero-order chi connectivity index (χ0) is 96.0. The summed E-state index contributed by atoms with van der Waals surface area (Å²) in [7, 11) is 0. The third-order valence-electron chi connectivity index (χ3n) is 18.8. The molecule has 0 bridgehead atoms. The molecule has 4 rings (SSSR count). The standard InChI is InChI=1S/C77H114N28O25/c78-31-54(107)88-35-58(111)93-39-62(115)97-48(69(124)94-38-61(114)92-37-60(113)90-33-56(109)84-24-10-8-18-47-71(126)101-45(20-12-26-86-77(81)82)68(123)96-41-64(117)99-52(30-66(120)121)75(130)105-50(73(128)103-47)28-43-15-5-2-6-16-43)21-22-53(106)87-34-57(110)91-36-59(112)89-32-55(108)83-23-9-7-17-46-70(125)100-44(19-11-25-85-76(79)80)67(122)95-40-63(116)98-51(29-65(118)119)74(129)104-49(72(127)102-46)27-42-13-3-1-4-14-42/h1-6,13-16,44-52H,7-12,17-41,78H2,(H,83,108)(H,84,109)(H,87,106)(H,88,107)(H,89,112)(H,90,113)(H,91,110)(H,92,114)(H,93,111)(H,94,124)(H,95,122)(H,96,123)(H,97,115)(H,98,116)(H,99,117)(H,100,125)(H,101,126)(H,102,127)(H,103,128)(H,104,129)(H,105,130)(H,118,119)(H,120,121)(H4,79,80,85)(H4,81,82,86)/t44-,45-,46-,47-,48?,49+,50+,51-,52-/m0/s1. The number of nitrogens with one attached hydrogen (secondary N) is 25. The Morgan fingerprint density at radius 1 is 0.338 bits per heavy atom. The van der Waals surface area contributed by atoms with Gasteiger partial charge in [0.1, 0.15) is 54.4 Å². The first-order chi connectivity index (χ1) is 61.9. The highest BCUT2D eigenvalue weighted by atomic mass is 16.4. The number of carbonyl (C=O) groups is 23. The van der Waals surface area contributed by atoms with Crippen molar-refractivity contribution in [3.8, 4) is 0 Å². The summed E-state index contributed by atoms with van der Waals surface area (Å²) in [6.45, 7) is -7.56. The Morgan fingerprint density at radius 2 is 0.631 bits per heavy atom. The summed E-state index contributed by atoms with van der Waals surface area (Å²) in [6.07, 6.45) is -2.94. The monoisotopic (exact) mass is 1830 g/mol. The van der Waals surface area contributed by atoms with Gasteiger partial charge in [0.15, 0.2) is 11.9 Å². The molecule has 33 N–H and O–H groups in total. The van der Waals surface area contributed by atoms with E-state index in [1.807, 2.05) is 0 Å². The van der Waals surface area contributed by atoms with Gasteiger partial charge in [0.05, 0.1) is 84.8 Å². The Balaban J connectivity index is 1.28. The minimum Gasteiger partial charge on any atom is -0.481 e. The molecular formula is C77H114N28O25. The smallest absolute Gasteiger partial charge is 0.305 e. The van der Waals surface area contributed by atoms with Crippen LogP contribution in [0.4, 0.5) is 0 Å². The van der Waals surface area contributed by atoms with Gasteiger partial charge in [-0.05, 0) is 81.8 Å². The van der Waals surface area contributed by atoms with Crippen LogP contribution in [0.5, 0.6) is 0 Å². The zero-order valence-corrected chi connectivity index (χ0v) is 70.9. The number of nitrogens with two attached hydrogens (primary N) is 3. The van der Waals surface area contributed by atoms with Gasteiger partial charge < -0.3 is 150 Å². The van der Waals surface area contributed by atoms with Crippen molar-refractivity contribution >= 4 is 148 Å². The summed E-state index contributed by atoms with van der Waals surface area (Å²) in [5, 5.41) is 88.9. The predicted octanol–water partition coefficient (Wildman–Crippen LogP) is -14.2. The molecule has 2 fully saturated rings. The summed E-state index contributed by atoms with van der Waals surface area (Å²) in [6, 6.07) is 3.07. The van der Waals surface area contributed by atoms with Crippen LogP contribution in [-0.2, 0) is 123 Å². The first-order valence-corrected chi connectivity index (χ1v) is 41.2. The molecule has 2 saturated heterocycles. The Hall–Kier alpha value is -15.3. The number of amides is 21. The van der Waals surface area contributed by atoms with Crippen molar-refractivity contribution in [2.24, 2.45) is 17.2 Å². The summed E-state index contributed by atoms with van der Waals surface area (Å²) in [5.41, 5.74) is 17.1. The molecule has 0 aliphatic carbocycles. The molecule has 0 saturated carbocycles. The summed E-state index contributed by atoms with van der Waals surface area (Å²) in [4.78, 5) is 300. The number of unbranched alkanes of at least 4 members (excludes halogenated alkanes) is 2. The Kier molecular flexibility index (Phi) is 48.5. The normalized spacial score (nSPS) is 18.3. The molecule has 130 heavy (non-hydrogen) atoms. The van der Waals surface area contributed by atoms with Gasteiger partial charge in [0.25, 0.3) is 0 Å². The molecule has 0 aromatic heterocycles. The van der Waals surface area contributed by atoms with Crippen LogP contribution in [0.15, 0.2) is 60.7 Å². The largest absolute Gasteiger partial charge is 0.481 e. The topological polar surface area (TPSA) is 836 Å². The minimum atomic E-state index is -1.72. The van der Waals surface area contributed by atoms with Crippen molar-refractivity contribution in [3.05, 3.63) is 71.8 Å². The van der Waals surface area contributed by atoms with Crippen LogP contribution < -0.4 is 139 Å². The van der Waals surface area contributed by atoms with E-state index >= 15 is 0 Å². The average molecular weight is 1830 g/mol. The maximum atomic E-state index is 14.1. The second-order valence-corrected chi connectivity index (χ2v) is 29.3. The van der Waals surface area contributed by atoms with Gasteiger partial charge in [-0.25, -0.2) is 0 Å². The maximum absolute atomic E-state index is 14.1. The highest BCUT2D eigenvalue weighted by Gasteiger charge is 2.37. The first-order valence-electron chi connectivity index (χ1n) is 41.2. The van der Waals surface area contributed by atoms with Crippen LogP contribution in [0.2, 0.25) is 0 Å². The SMILES string of the molecule is N=C(N)NCCC[C@@H]1NC(=O)[C@H](CCCCNC(=O)CNC(=O)CNC(=O)CNC(=O)CCC(NC(=O)CNC(=O)CNC(=O)CN)C(=O)NCC(=O)NCC(=O)NCC(=O)NCCCC[C@@H]2NC(=O)[C@@H](Cc3ccccc3)NC(=O)[C@H](CC(=O)O)NC(=O)CNC(=O)[C@H](CCCNC(=N)N)NC2=O)NC(=O)[C@@H](Cc2ccccc2)NC(=O)[C@H](CC(=O)O)NC(=O)CNC1=O. The van der Waals surface area contributed by atoms with E-state index in [4.69, 9.17) is 28.0 Å². The quantitative estimate of drug-likeness (QED) is 0.0166. The number of rotatable bonds is 48. The molecule has 9 atom stereocenters. The molecule has 53 heteroatoms.